The number of aromatic amines is 1. The fourth-order valence-electron chi connectivity index (χ4n) is 3.74. The molecule has 1 aromatic heterocycles. The molecule has 0 amide bonds. The minimum atomic E-state index is 0.552. The van der Waals surface area contributed by atoms with Gasteiger partial charge in [0.05, 0.1) is 0 Å². The van der Waals surface area contributed by atoms with E-state index in [1.165, 1.54) is 48.6 Å². The van der Waals surface area contributed by atoms with Crippen LogP contribution in [0.4, 0.5) is 0 Å². The number of H-pyrrole nitrogens is 1. The Bertz CT molecular complexity index is 535. The molecule has 0 saturated heterocycles. The van der Waals surface area contributed by atoms with Crippen LogP contribution in [0.25, 0.3) is 10.9 Å². The third-order valence-electron chi connectivity index (χ3n) is 4.59. The third-order valence-corrected chi connectivity index (χ3v) is 4.59. The molecule has 1 N–H and O–H groups in total. The van der Waals surface area contributed by atoms with Crippen molar-refractivity contribution in [1.29, 1.82) is 0 Å². The summed E-state index contributed by atoms with van der Waals surface area (Å²) in [5, 5.41) is 1.40. The number of aromatic nitrogens is 1. The maximum Gasteiger partial charge on any atom is 0.0457 e. The van der Waals surface area contributed by atoms with Crippen molar-refractivity contribution in [2.24, 2.45) is 5.92 Å². The lowest BCUT2D eigenvalue weighted by molar-refractivity contribution is 0.172. The summed E-state index contributed by atoms with van der Waals surface area (Å²) in [5.41, 5.74) is 2.74. The lowest BCUT2D eigenvalue weighted by atomic mass is 9.80. The number of hydrogen-bond donors (Lipinski definition) is 1. The van der Waals surface area contributed by atoms with E-state index in [9.17, 15) is 0 Å². The van der Waals surface area contributed by atoms with E-state index in [0.717, 1.165) is 5.92 Å². The highest BCUT2D eigenvalue weighted by atomic mass is 15.1. The normalized spacial score (nSPS) is 19.1. The second-order valence-electron chi connectivity index (χ2n) is 6.10. The van der Waals surface area contributed by atoms with Gasteiger partial charge in [0.1, 0.15) is 0 Å². The van der Waals surface area contributed by atoms with Gasteiger partial charge in [-0.3, -0.25) is 0 Å². The van der Waals surface area contributed by atoms with Crippen LogP contribution in [0.1, 0.15) is 43.7 Å². The van der Waals surface area contributed by atoms with Gasteiger partial charge in [0.2, 0.25) is 0 Å². The van der Waals surface area contributed by atoms with Crippen molar-refractivity contribution in [3.63, 3.8) is 0 Å². The van der Waals surface area contributed by atoms with Crippen LogP contribution >= 0.6 is 0 Å². The minimum Gasteiger partial charge on any atom is -0.361 e. The van der Waals surface area contributed by atoms with Gasteiger partial charge in [0, 0.05) is 23.1 Å². The van der Waals surface area contributed by atoms with Gasteiger partial charge in [0.15, 0.2) is 0 Å². The first-order valence-corrected chi connectivity index (χ1v) is 7.50. The molecule has 0 radical (unpaired) electrons. The monoisotopic (exact) mass is 256 g/mol. The van der Waals surface area contributed by atoms with Gasteiger partial charge >= 0.3 is 0 Å². The van der Waals surface area contributed by atoms with Gasteiger partial charge in [-0.15, -0.1) is 0 Å². The average Bonchev–Trinajstić information content (AvgIpc) is 2.84. The lowest BCUT2D eigenvalue weighted by Gasteiger charge is -2.34. The number of fused-ring (bicyclic) bond motifs is 1. The Morgan fingerprint density at radius 1 is 1.11 bits per heavy atom. The van der Waals surface area contributed by atoms with Crippen molar-refractivity contribution in [2.75, 3.05) is 14.1 Å². The van der Waals surface area contributed by atoms with Crippen LogP contribution in [0.15, 0.2) is 30.5 Å². The summed E-state index contributed by atoms with van der Waals surface area (Å²) < 4.78 is 0. The Kier molecular flexibility index (Phi) is 3.61. The van der Waals surface area contributed by atoms with E-state index in [-0.39, 0.29) is 0 Å². The molecule has 1 aliphatic carbocycles. The van der Waals surface area contributed by atoms with Crippen molar-refractivity contribution in [3.05, 3.63) is 36.0 Å². The number of hydrogen-bond acceptors (Lipinski definition) is 1. The molecule has 2 aromatic rings. The van der Waals surface area contributed by atoms with E-state index in [1.807, 2.05) is 0 Å². The average molecular weight is 256 g/mol. The SMILES string of the molecule is CN(C)C(c1c[nH]c2ccccc12)C1CCCCC1. The Balaban J connectivity index is 1.99. The highest BCUT2D eigenvalue weighted by Crippen LogP contribution is 2.39. The number of nitrogens with one attached hydrogen (secondary N) is 1. The molecule has 1 fully saturated rings. The molecule has 0 spiro atoms. The van der Waals surface area contributed by atoms with Crippen LogP contribution in [-0.4, -0.2) is 24.0 Å². The lowest BCUT2D eigenvalue weighted by Crippen LogP contribution is -2.28. The minimum absolute atomic E-state index is 0.552. The topological polar surface area (TPSA) is 19.0 Å². The predicted molar refractivity (Wildman–Crippen MR) is 81.3 cm³/mol. The smallest absolute Gasteiger partial charge is 0.0457 e. The Hall–Kier alpha value is -1.28. The first-order valence-electron chi connectivity index (χ1n) is 7.50. The summed E-state index contributed by atoms with van der Waals surface area (Å²) in [4.78, 5) is 5.84. The zero-order chi connectivity index (χ0) is 13.2. The van der Waals surface area contributed by atoms with Crippen molar-refractivity contribution in [2.45, 2.75) is 38.1 Å². The van der Waals surface area contributed by atoms with E-state index >= 15 is 0 Å². The van der Waals surface area contributed by atoms with Gasteiger partial charge in [-0.1, -0.05) is 37.5 Å². The molecule has 1 saturated carbocycles. The van der Waals surface area contributed by atoms with Gasteiger partial charge in [0.25, 0.3) is 0 Å². The molecule has 1 unspecified atom stereocenters. The van der Waals surface area contributed by atoms with Crippen LogP contribution < -0.4 is 0 Å². The van der Waals surface area contributed by atoms with E-state index in [1.54, 1.807) is 0 Å². The standard InChI is InChI=1S/C17H24N2/c1-19(2)17(13-8-4-3-5-9-13)15-12-18-16-11-7-6-10-14(15)16/h6-7,10-13,17-18H,3-5,8-9H2,1-2H3. The first-order chi connectivity index (χ1) is 9.27. The zero-order valence-corrected chi connectivity index (χ0v) is 12.0. The molecule has 102 valence electrons. The highest BCUT2D eigenvalue weighted by Gasteiger charge is 2.28. The molecule has 3 rings (SSSR count). The van der Waals surface area contributed by atoms with Gasteiger partial charge < -0.3 is 9.88 Å². The summed E-state index contributed by atoms with van der Waals surface area (Å²) in [5.74, 6) is 0.808. The second-order valence-corrected chi connectivity index (χ2v) is 6.10. The molecule has 0 aliphatic heterocycles. The van der Waals surface area contributed by atoms with E-state index < -0.39 is 0 Å². The third kappa shape index (κ3) is 2.42. The summed E-state index contributed by atoms with van der Waals surface area (Å²) >= 11 is 0. The van der Waals surface area contributed by atoms with Crippen molar-refractivity contribution in [1.82, 2.24) is 9.88 Å². The summed E-state index contributed by atoms with van der Waals surface area (Å²) in [7, 11) is 4.45. The van der Waals surface area contributed by atoms with E-state index in [0.29, 0.717) is 6.04 Å². The molecular formula is C17H24N2. The van der Waals surface area contributed by atoms with Gasteiger partial charge in [-0.2, -0.15) is 0 Å². The van der Waals surface area contributed by atoms with Gasteiger partial charge in [-0.25, -0.2) is 0 Å². The van der Waals surface area contributed by atoms with Crippen LogP contribution in [0.2, 0.25) is 0 Å². The molecule has 1 aromatic carbocycles. The molecular weight excluding hydrogens is 232 g/mol. The Morgan fingerprint density at radius 2 is 1.84 bits per heavy atom. The van der Waals surface area contributed by atoms with Crippen LogP contribution in [0.5, 0.6) is 0 Å². The van der Waals surface area contributed by atoms with Gasteiger partial charge in [-0.05, 0) is 44.5 Å². The number of para-hydroxylation sites is 1. The fourth-order valence-corrected chi connectivity index (χ4v) is 3.74. The molecule has 0 bridgehead atoms. The predicted octanol–water partition coefficient (Wildman–Crippen LogP) is 4.35. The summed E-state index contributed by atoms with van der Waals surface area (Å²) in [6, 6.07) is 9.23. The van der Waals surface area contributed by atoms with Crippen LogP contribution in [-0.2, 0) is 0 Å². The van der Waals surface area contributed by atoms with Crippen molar-refractivity contribution >= 4 is 10.9 Å². The molecule has 19 heavy (non-hydrogen) atoms. The number of nitrogens with zero attached hydrogens (tertiary/aromatic N) is 1. The largest absolute Gasteiger partial charge is 0.361 e. The molecule has 1 atom stereocenters. The van der Waals surface area contributed by atoms with Crippen molar-refractivity contribution in [3.8, 4) is 0 Å². The summed E-state index contributed by atoms with van der Waals surface area (Å²) in [6.45, 7) is 0. The summed E-state index contributed by atoms with van der Waals surface area (Å²) in [6.07, 6.45) is 9.20. The maximum atomic E-state index is 3.44. The zero-order valence-electron chi connectivity index (χ0n) is 12.0. The van der Waals surface area contributed by atoms with E-state index in [2.05, 4.69) is 54.4 Å². The van der Waals surface area contributed by atoms with Crippen LogP contribution in [0.3, 0.4) is 0 Å². The number of rotatable bonds is 3. The second kappa shape index (κ2) is 5.38. The Morgan fingerprint density at radius 3 is 2.58 bits per heavy atom. The van der Waals surface area contributed by atoms with Crippen LogP contribution in [0, 0.1) is 5.92 Å². The Labute approximate surface area is 115 Å². The molecule has 1 heterocycles. The molecule has 2 nitrogen and oxygen atoms in total. The van der Waals surface area contributed by atoms with E-state index in [4.69, 9.17) is 0 Å². The quantitative estimate of drug-likeness (QED) is 0.865. The highest BCUT2D eigenvalue weighted by molar-refractivity contribution is 5.83. The number of benzene rings is 1. The molecule has 2 heteroatoms. The maximum absolute atomic E-state index is 3.44. The fraction of sp³-hybridized carbons (Fsp3) is 0.529. The first kappa shape index (κ1) is 12.7. The van der Waals surface area contributed by atoms with Crippen molar-refractivity contribution < 1.29 is 0 Å². The molecule has 1 aliphatic rings.